The van der Waals surface area contributed by atoms with Crippen LogP contribution in [0.5, 0.6) is 0 Å². The molecule has 0 saturated heterocycles. The number of hydrogen-bond donors (Lipinski definition) is 3. The molecular formula is C7H9N5O2. The molecule has 2 aromatic heterocycles. The molecule has 0 aromatic carbocycles. The molecule has 2 heterocycles. The molecule has 0 aliphatic carbocycles. The second-order valence-corrected chi connectivity index (χ2v) is 2.83. The van der Waals surface area contributed by atoms with Gasteiger partial charge < -0.3 is 15.8 Å². The fraction of sp³-hybridized carbons (Fsp3) is 0.286. The first-order chi connectivity index (χ1) is 6.63. The quantitative estimate of drug-likeness (QED) is 0.619. The molecule has 0 aliphatic rings. The van der Waals surface area contributed by atoms with Gasteiger partial charge in [-0.25, -0.2) is 4.79 Å². The zero-order valence-electron chi connectivity index (χ0n) is 7.48. The van der Waals surface area contributed by atoms with Crippen LogP contribution in [0.1, 0.15) is 23.2 Å². The molecule has 4 N–H and O–H groups in total. The van der Waals surface area contributed by atoms with Crippen molar-refractivity contribution in [3.63, 3.8) is 0 Å². The van der Waals surface area contributed by atoms with Gasteiger partial charge in [0, 0.05) is 6.42 Å². The van der Waals surface area contributed by atoms with Crippen molar-refractivity contribution in [3.8, 4) is 0 Å². The second kappa shape index (κ2) is 2.72. The van der Waals surface area contributed by atoms with E-state index in [-0.39, 0.29) is 11.4 Å². The van der Waals surface area contributed by atoms with Crippen molar-refractivity contribution in [1.29, 1.82) is 0 Å². The number of hydrogen-bond acceptors (Lipinski definition) is 4. The summed E-state index contributed by atoms with van der Waals surface area (Å²) in [6.45, 7) is 1.92. The number of aromatic amines is 1. The zero-order chi connectivity index (χ0) is 10.3. The highest BCUT2D eigenvalue weighted by Gasteiger charge is 2.18. The Kier molecular flexibility index (Phi) is 1.66. The Bertz CT molecular complexity index is 497. The molecule has 0 fully saturated rings. The lowest BCUT2D eigenvalue weighted by Gasteiger charge is -1.88. The number of aryl methyl sites for hydroxylation is 1. The van der Waals surface area contributed by atoms with E-state index >= 15 is 0 Å². The van der Waals surface area contributed by atoms with E-state index in [1.54, 1.807) is 0 Å². The Morgan fingerprint density at radius 1 is 1.64 bits per heavy atom. The van der Waals surface area contributed by atoms with Gasteiger partial charge in [-0.3, -0.25) is 0 Å². The van der Waals surface area contributed by atoms with Gasteiger partial charge in [-0.1, -0.05) is 6.92 Å². The highest BCUT2D eigenvalue weighted by atomic mass is 16.4. The van der Waals surface area contributed by atoms with Crippen molar-refractivity contribution < 1.29 is 9.90 Å². The summed E-state index contributed by atoms with van der Waals surface area (Å²) in [5.74, 6) is -0.435. The summed E-state index contributed by atoms with van der Waals surface area (Å²) in [5, 5.41) is 16.4. The number of carboxylic acid groups (broad SMARTS) is 1. The third-order valence-corrected chi connectivity index (χ3v) is 1.92. The molecule has 2 aromatic rings. The number of carbonyl (C=O) groups is 1. The lowest BCUT2D eigenvalue weighted by Crippen LogP contribution is -2.02. The number of nitrogens with one attached hydrogen (secondary N) is 1. The number of nitrogen functional groups attached to an aromatic ring is 1. The number of aromatic carboxylic acids is 1. The second-order valence-electron chi connectivity index (χ2n) is 2.83. The van der Waals surface area contributed by atoms with Crippen molar-refractivity contribution in [2.45, 2.75) is 13.3 Å². The third kappa shape index (κ3) is 1.02. The molecular weight excluding hydrogens is 186 g/mol. The molecule has 2 rings (SSSR count). The summed E-state index contributed by atoms with van der Waals surface area (Å²) in [5.41, 5.74) is 5.94. The minimum absolute atomic E-state index is 0.115. The number of carboxylic acids is 1. The molecule has 0 bridgehead atoms. The summed E-state index contributed by atoms with van der Waals surface area (Å²) in [6.07, 6.45) is 0.713. The van der Waals surface area contributed by atoms with E-state index in [1.807, 2.05) is 6.92 Å². The summed E-state index contributed by atoms with van der Waals surface area (Å²) < 4.78 is 1.21. The van der Waals surface area contributed by atoms with Gasteiger partial charge in [0.15, 0.2) is 11.3 Å². The average molecular weight is 195 g/mol. The molecule has 0 spiro atoms. The Balaban J connectivity index is 2.66. The molecule has 0 unspecified atom stereocenters. The highest BCUT2D eigenvalue weighted by molar-refractivity contribution is 5.95. The number of H-pyrrole nitrogens is 1. The minimum atomic E-state index is -1.15. The van der Waals surface area contributed by atoms with Gasteiger partial charge in [-0.15, -0.1) is 14.8 Å². The summed E-state index contributed by atoms with van der Waals surface area (Å²) in [6, 6.07) is 0. The van der Waals surface area contributed by atoms with Crippen molar-refractivity contribution in [1.82, 2.24) is 19.8 Å². The first-order valence-corrected chi connectivity index (χ1v) is 4.10. The van der Waals surface area contributed by atoms with Crippen LogP contribution in [0.25, 0.3) is 5.65 Å². The van der Waals surface area contributed by atoms with Crippen LogP contribution in [-0.2, 0) is 6.42 Å². The molecule has 14 heavy (non-hydrogen) atoms. The van der Waals surface area contributed by atoms with Gasteiger partial charge >= 0.3 is 5.97 Å². The standard InChI is InChI=1S/C7H9N5O2/c1-2-3-9-6-4(8)5(7(13)14)11-12(6)10-3/h2,8H2,1H3,(H,9,10)(H,13,14). The van der Waals surface area contributed by atoms with Crippen molar-refractivity contribution in [2.75, 3.05) is 5.73 Å². The van der Waals surface area contributed by atoms with Crippen LogP contribution in [0, 0.1) is 0 Å². The Labute approximate surface area is 78.5 Å². The topological polar surface area (TPSA) is 109 Å². The first-order valence-electron chi connectivity index (χ1n) is 4.10. The maximum absolute atomic E-state index is 10.6. The average Bonchev–Trinajstić information content (AvgIpc) is 2.65. The van der Waals surface area contributed by atoms with Gasteiger partial charge in [0.25, 0.3) is 0 Å². The minimum Gasteiger partial charge on any atom is -0.476 e. The van der Waals surface area contributed by atoms with E-state index in [9.17, 15) is 4.79 Å². The van der Waals surface area contributed by atoms with Crippen LogP contribution in [0.2, 0.25) is 0 Å². The molecule has 0 atom stereocenters. The smallest absolute Gasteiger partial charge is 0.358 e. The first kappa shape index (κ1) is 8.54. The van der Waals surface area contributed by atoms with E-state index < -0.39 is 5.97 Å². The molecule has 7 heteroatoms. The SMILES string of the molecule is CCc1nn2nc(C(=O)O)c(N)c2[nH]1. The van der Waals surface area contributed by atoms with Crippen LogP contribution in [-0.4, -0.2) is 30.9 Å². The van der Waals surface area contributed by atoms with Crippen molar-refractivity contribution >= 4 is 17.3 Å². The Morgan fingerprint density at radius 2 is 2.36 bits per heavy atom. The van der Waals surface area contributed by atoms with E-state index in [0.717, 1.165) is 5.82 Å². The number of nitrogens with two attached hydrogens (primary N) is 1. The zero-order valence-corrected chi connectivity index (χ0v) is 7.48. The lowest BCUT2D eigenvalue weighted by atomic mass is 10.4. The fourth-order valence-corrected chi connectivity index (χ4v) is 1.20. The van der Waals surface area contributed by atoms with Gasteiger partial charge in [-0.2, -0.15) is 0 Å². The van der Waals surface area contributed by atoms with Crippen LogP contribution >= 0.6 is 0 Å². The van der Waals surface area contributed by atoms with Crippen LogP contribution in [0.3, 0.4) is 0 Å². The molecule has 0 radical (unpaired) electrons. The van der Waals surface area contributed by atoms with Crippen molar-refractivity contribution in [3.05, 3.63) is 11.5 Å². The van der Waals surface area contributed by atoms with E-state index in [2.05, 4.69) is 15.2 Å². The summed E-state index contributed by atoms with van der Waals surface area (Å²) in [4.78, 5) is 13.5. The third-order valence-electron chi connectivity index (χ3n) is 1.92. The maximum Gasteiger partial charge on any atom is 0.358 e. The van der Waals surface area contributed by atoms with E-state index in [4.69, 9.17) is 10.8 Å². The monoisotopic (exact) mass is 195 g/mol. The molecule has 0 saturated carbocycles. The predicted octanol–water partition coefficient (Wildman–Crippen LogP) is -0.0998. The van der Waals surface area contributed by atoms with Crippen LogP contribution in [0.15, 0.2) is 0 Å². The predicted molar refractivity (Wildman–Crippen MR) is 48.1 cm³/mol. The van der Waals surface area contributed by atoms with Crippen molar-refractivity contribution in [2.24, 2.45) is 0 Å². The molecule has 0 aliphatic heterocycles. The number of nitrogens with zero attached hydrogens (tertiary/aromatic N) is 3. The summed E-state index contributed by atoms with van der Waals surface area (Å²) in [7, 11) is 0. The fourth-order valence-electron chi connectivity index (χ4n) is 1.20. The molecule has 0 amide bonds. The largest absolute Gasteiger partial charge is 0.476 e. The number of anilines is 1. The van der Waals surface area contributed by atoms with Gasteiger partial charge in [0.1, 0.15) is 11.5 Å². The number of rotatable bonds is 2. The van der Waals surface area contributed by atoms with Gasteiger partial charge in [0.2, 0.25) is 0 Å². The Morgan fingerprint density at radius 3 is 2.86 bits per heavy atom. The molecule has 7 nitrogen and oxygen atoms in total. The lowest BCUT2D eigenvalue weighted by molar-refractivity contribution is 0.0691. The summed E-state index contributed by atoms with van der Waals surface area (Å²) >= 11 is 0. The van der Waals surface area contributed by atoms with Gasteiger partial charge in [0.05, 0.1) is 0 Å². The number of fused-ring (bicyclic) bond motifs is 1. The van der Waals surface area contributed by atoms with Crippen LogP contribution < -0.4 is 5.73 Å². The van der Waals surface area contributed by atoms with Crippen LogP contribution in [0.4, 0.5) is 5.69 Å². The normalized spacial score (nSPS) is 10.9. The number of aromatic nitrogens is 4. The van der Waals surface area contributed by atoms with E-state index in [0.29, 0.717) is 12.1 Å². The van der Waals surface area contributed by atoms with E-state index in [1.165, 1.54) is 4.63 Å². The highest BCUT2D eigenvalue weighted by Crippen LogP contribution is 2.16. The Hall–Kier alpha value is -2.05. The molecule has 74 valence electrons. The maximum atomic E-state index is 10.6. The van der Waals surface area contributed by atoms with Gasteiger partial charge in [-0.05, 0) is 0 Å².